The minimum Gasteiger partial charge on any atom is -0.478 e. The quantitative estimate of drug-likeness (QED) is 0.233. The van der Waals surface area contributed by atoms with Crippen LogP contribution in [0.5, 0.6) is 0 Å². The third-order valence-electron chi connectivity index (χ3n) is 8.09. The Morgan fingerprint density at radius 1 is 0.894 bits per heavy atom. The molecule has 250 valence electrons. The monoisotopic (exact) mass is 645 g/mol. The van der Waals surface area contributed by atoms with Crippen LogP contribution in [0.2, 0.25) is 0 Å². The van der Waals surface area contributed by atoms with Gasteiger partial charge < -0.3 is 24.4 Å². The second-order valence-corrected chi connectivity index (χ2v) is 12.0. The number of carboxylic acids is 2. The smallest absolute Gasteiger partial charge is 0.332 e. The first-order valence-corrected chi connectivity index (χ1v) is 15.7. The largest absolute Gasteiger partial charge is 0.478 e. The van der Waals surface area contributed by atoms with E-state index in [4.69, 9.17) is 19.9 Å². The highest BCUT2D eigenvalue weighted by Crippen LogP contribution is 2.30. The molecule has 1 saturated heterocycles. The summed E-state index contributed by atoms with van der Waals surface area (Å²) >= 11 is 0. The van der Waals surface area contributed by atoms with E-state index in [2.05, 4.69) is 67.3 Å². The Labute approximate surface area is 273 Å². The van der Waals surface area contributed by atoms with E-state index in [1.807, 2.05) is 23.7 Å². The molecule has 0 saturated carbocycles. The zero-order valence-corrected chi connectivity index (χ0v) is 27.3. The molecule has 3 heterocycles. The zero-order chi connectivity index (χ0) is 34.1. The number of nitrogens with zero attached hydrogens (tertiary/aromatic N) is 5. The zero-order valence-electron chi connectivity index (χ0n) is 27.3. The Balaban J connectivity index is 0.000000555. The SMILES string of the molecule is CC(C)Cn1c(=O)n(C)c(=O)c2c1nc(CCN1CCC(OC(c3ccccc3)c3ccccc3)CC1)n2C.O=C(O)/C=C/C(=O)O. The lowest BCUT2D eigenvalue weighted by Gasteiger charge is -2.34. The average Bonchev–Trinajstić information content (AvgIpc) is 3.39. The molecular formula is C35H43N5O7. The van der Waals surface area contributed by atoms with Crippen LogP contribution in [0.1, 0.15) is 49.7 Å². The molecule has 0 radical (unpaired) electrons. The number of hydrogen-bond donors (Lipinski definition) is 2. The van der Waals surface area contributed by atoms with Gasteiger partial charge in [-0.1, -0.05) is 74.5 Å². The minimum atomic E-state index is -1.26. The first-order valence-electron chi connectivity index (χ1n) is 15.7. The van der Waals surface area contributed by atoms with Crippen molar-refractivity contribution in [1.29, 1.82) is 0 Å². The second-order valence-electron chi connectivity index (χ2n) is 12.0. The molecule has 0 unspecified atom stereocenters. The molecular weight excluding hydrogens is 602 g/mol. The number of rotatable bonds is 11. The van der Waals surface area contributed by atoms with Crippen molar-refractivity contribution in [2.75, 3.05) is 19.6 Å². The van der Waals surface area contributed by atoms with Gasteiger partial charge in [0, 0.05) is 58.8 Å². The normalized spacial score (nSPS) is 14.2. The number of aliphatic carboxylic acids is 2. The van der Waals surface area contributed by atoms with E-state index in [0.29, 0.717) is 36.3 Å². The van der Waals surface area contributed by atoms with E-state index in [0.717, 1.165) is 38.3 Å². The summed E-state index contributed by atoms with van der Waals surface area (Å²) in [6.45, 7) is 7.39. The van der Waals surface area contributed by atoms with Crippen molar-refractivity contribution in [2.24, 2.45) is 20.0 Å². The summed E-state index contributed by atoms with van der Waals surface area (Å²) in [6, 6.07) is 20.9. The second kappa shape index (κ2) is 16.1. The lowest BCUT2D eigenvalue weighted by atomic mass is 10.00. The molecule has 0 atom stereocenters. The topological polar surface area (TPSA) is 149 Å². The van der Waals surface area contributed by atoms with Crippen LogP contribution in [-0.2, 0) is 41.4 Å². The van der Waals surface area contributed by atoms with Crippen molar-refractivity contribution in [3.05, 3.63) is 111 Å². The summed E-state index contributed by atoms with van der Waals surface area (Å²) in [7, 11) is 3.42. The van der Waals surface area contributed by atoms with Crippen LogP contribution >= 0.6 is 0 Å². The van der Waals surface area contributed by atoms with E-state index >= 15 is 0 Å². The van der Waals surface area contributed by atoms with Gasteiger partial charge in [0.2, 0.25) is 0 Å². The number of aryl methyl sites for hydroxylation is 1. The number of aromatic nitrogens is 4. The maximum atomic E-state index is 12.9. The Morgan fingerprint density at radius 2 is 1.43 bits per heavy atom. The lowest BCUT2D eigenvalue weighted by Crippen LogP contribution is -2.39. The maximum Gasteiger partial charge on any atom is 0.332 e. The highest BCUT2D eigenvalue weighted by atomic mass is 16.5. The van der Waals surface area contributed by atoms with Crippen LogP contribution in [0.4, 0.5) is 0 Å². The number of likely N-dealkylation sites (tertiary alicyclic amines) is 1. The standard InChI is InChI=1S/C31H39N5O3.C4H4O4/c1-22(2)21-36-29-27(30(37)34(4)31(36)38)33(3)26(32-29)17-20-35-18-15-25(16-19-35)39-28(23-11-7-5-8-12-23)24-13-9-6-10-14-24;5-3(6)1-2-4(7)8/h5-14,22,25,28H,15-21H2,1-4H3;1-2H,(H,5,6)(H,7,8)/b;2-1+. The van der Waals surface area contributed by atoms with Gasteiger partial charge in [0.05, 0.1) is 6.10 Å². The predicted octanol–water partition coefficient (Wildman–Crippen LogP) is 3.61. The number of carboxylic acid groups (broad SMARTS) is 2. The number of ether oxygens (including phenoxy) is 1. The van der Waals surface area contributed by atoms with Gasteiger partial charge in [-0.3, -0.25) is 13.9 Å². The van der Waals surface area contributed by atoms with E-state index in [9.17, 15) is 19.2 Å². The van der Waals surface area contributed by atoms with Crippen molar-refractivity contribution >= 4 is 23.1 Å². The molecule has 1 aliphatic heterocycles. The highest BCUT2D eigenvalue weighted by molar-refractivity contribution is 5.89. The number of fused-ring (bicyclic) bond motifs is 1. The van der Waals surface area contributed by atoms with E-state index in [1.54, 1.807) is 11.6 Å². The van der Waals surface area contributed by atoms with Crippen LogP contribution in [0.25, 0.3) is 11.2 Å². The van der Waals surface area contributed by atoms with Gasteiger partial charge in [0.15, 0.2) is 11.2 Å². The third kappa shape index (κ3) is 9.14. The van der Waals surface area contributed by atoms with Gasteiger partial charge >= 0.3 is 17.6 Å². The molecule has 2 aromatic heterocycles. The maximum absolute atomic E-state index is 12.9. The van der Waals surface area contributed by atoms with Gasteiger partial charge in [-0.15, -0.1) is 0 Å². The molecule has 0 spiro atoms. The van der Waals surface area contributed by atoms with Gasteiger partial charge in [0.25, 0.3) is 5.56 Å². The van der Waals surface area contributed by atoms with E-state index < -0.39 is 11.9 Å². The summed E-state index contributed by atoms with van der Waals surface area (Å²) in [5.41, 5.74) is 2.74. The Morgan fingerprint density at radius 3 is 1.91 bits per heavy atom. The summed E-state index contributed by atoms with van der Waals surface area (Å²) in [4.78, 5) is 52.1. The summed E-state index contributed by atoms with van der Waals surface area (Å²) in [5.74, 6) is -1.42. The van der Waals surface area contributed by atoms with Crippen LogP contribution < -0.4 is 11.2 Å². The van der Waals surface area contributed by atoms with Crippen molar-refractivity contribution in [1.82, 2.24) is 23.6 Å². The number of hydrogen-bond acceptors (Lipinski definition) is 7. The minimum absolute atomic E-state index is 0.0741. The van der Waals surface area contributed by atoms with Crippen LogP contribution in [0.3, 0.4) is 0 Å². The van der Waals surface area contributed by atoms with Gasteiger partial charge in [0.1, 0.15) is 11.9 Å². The summed E-state index contributed by atoms with van der Waals surface area (Å²) in [5, 5.41) is 15.6. The van der Waals surface area contributed by atoms with Crippen molar-refractivity contribution in [2.45, 2.75) is 51.9 Å². The highest BCUT2D eigenvalue weighted by Gasteiger charge is 2.25. The summed E-state index contributed by atoms with van der Waals surface area (Å²) in [6.07, 6.45) is 3.88. The first-order chi connectivity index (χ1) is 22.5. The molecule has 0 amide bonds. The molecule has 12 nitrogen and oxygen atoms in total. The van der Waals surface area contributed by atoms with Crippen molar-refractivity contribution < 1.29 is 24.5 Å². The molecule has 1 aliphatic rings. The molecule has 0 aliphatic carbocycles. The van der Waals surface area contributed by atoms with E-state index in [1.165, 1.54) is 15.7 Å². The molecule has 5 rings (SSSR count). The fourth-order valence-corrected chi connectivity index (χ4v) is 5.69. The fourth-order valence-electron chi connectivity index (χ4n) is 5.69. The van der Waals surface area contributed by atoms with Crippen LogP contribution in [0, 0.1) is 5.92 Å². The fraction of sp³-hybridized carbons (Fsp3) is 0.400. The molecule has 2 N–H and O–H groups in total. The predicted molar refractivity (Wildman–Crippen MR) is 178 cm³/mol. The molecule has 47 heavy (non-hydrogen) atoms. The lowest BCUT2D eigenvalue weighted by molar-refractivity contribution is -0.134. The van der Waals surface area contributed by atoms with Gasteiger partial charge in [-0.25, -0.2) is 19.4 Å². The molecule has 0 bridgehead atoms. The van der Waals surface area contributed by atoms with Gasteiger partial charge in [-0.05, 0) is 29.9 Å². The Kier molecular flexibility index (Phi) is 12.0. The average molecular weight is 646 g/mol. The van der Waals surface area contributed by atoms with E-state index in [-0.39, 0.29) is 29.4 Å². The molecule has 12 heteroatoms. The molecule has 2 aromatic carbocycles. The van der Waals surface area contributed by atoms with Gasteiger partial charge in [-0.2, -0.15) is 0 Å². The Bertz CT molecular complexity index is 1750. The number of piperidine rings is 1. The first kappa shape index (κ1) is 35.1. The third-order valence-corrected chi connectivity index (χ3v) is 8.09. The Hall–Kier alpha value is -4.81. The molecule has 4 aromatic rings. The summed E-state index contributed by atoms with van der Waals surface area (Å²) < 4.78 is 11.4. The number of imidazole rings is 1. The van der Waals surface area contributed by atoms with Crippen molar-refractivity contribution in [3.63, 3.8) is 0 Å². The molecule has 1 fully saturated rings. The van der Waals surface area contributed by atoms with Crippen LogP contribution in [-0.4, -0.2) is 71.5 Å². The number of benzene rings is 2. The van der Waals surface area contributed by atoms with Crippen molar-refractivity contribution in [3.8, 4) is 0 Å². The van der Waals surface area contributed by atoms with Crippen LogP contribution in [0.15, 0.2) is 82.4 Å². The number of carbonyl (C=O) groups is 2.